The molecule has 24 heavy (non-hydrogen) atoms. The van der Waals surface area contributed by atoms with Crippen molar-refractivity contribution in [1.82, 2.24) is 4.98 Å². The van der Waals surface area contributed by atoms with Crippen molar-refractivity contribution in [3.05, 3.63) is 59.8 Å². The lowest BCUT2D eigenvalue weighted by atomic mass is 10.1. The highest BCUT2D eigenvalue weighted by atomic mass is 16.5. The van der Waals surface area contributed by atoms with E-state index in [1.54, 1.807) is 31.5 Å². The van der Waals surface area contributed by atoms with E-state index in [1.165, 1.54) is 7.11 Å². The van der Waals surface area contributed by atoms with E-state index in [1.807, 2.05) is 31.2 Å². The molecule has 2 aromatic carbocycles. The molecule has 1 heterocycles. The fourth-order valence-electron chi connectivity index (χ4n) is 2.60. The fraction of sp³-hybridized carbons (Fsp3) is 0.158. The number of methoxy groups -OCH3 is 2. The van der Waals surface area contributed by atoms with E-state index in [-0.39, 0.29) is 5.91 Å². The fourth-order valence-corrected chi connectivity index (χ4v) is 2.60. The van der Waals surface area contributed by atoms with Gasteiger partial charge in [-0.2, -0.15) is 0 Å². The van der Waals surface area contributed by atoms with Crippen LogP contribution in [-0.2, 0) is 0 Å². The Morgan fingerprint density at radius 1 is 1.08 bits per heavy atom. The van der Waals surface area contributed by atoms with E-state index >= 15 is 0 Å². The van der Waals surface area contributed by atoms with Crippen LogP contribution in [0.4, 0.5) is 5.69 Å². The zero-order valence-electron chi connectivity index (χ0n) is 13.8. The summed E-state index contributed by atoms with van der Waals surface area (Å²) in [6.07, 6.45) is 1.74. The first kappa shape index (κ1) is 15.8. The van der Waals surface area contributed by atoms with Gasteiger partial charge in [-0.05, 0) is 42.8 Å². The standard InChI is InChI=1S/C19H18N2O3/c1-12-6-9-16(14-5-4-10-20-18(12)14)21-19(22)15-8-7-13(23-2)11-17(15)24-3/h4-11H,1-3H3,(H,21,22). The van der Waals surface area contributed by atoms with Gasteiger partial charge in [0.05, 0.1) is 31.0 Å². The Labute approximate surface area is 140 Å². The Morgan fingerprint density at radius 3 is 2.67 bits per heavy atom. The zero-order valence-corrected chi connectivity index (χ0v) is 13.8. The maximum absolute atomic E-state index is 12.7. The SMILES string of the molecule is COc1ccc(C(=O)Nc2ccc(C)c3ncccc23)c(OC)c1. The molecule has 0 aliphatic heterocycles. The Kier molecular flexibility index (Phi) is 4.33. The number of benzene rings is 2. The number of fused-ring (bicyclic) bond motifs is 1. The zero-order chi connectivity index (χ0) is 17.1. The number of nitrogens with one attached hydrogen (secondary N) is 1. The number of hydrogen-bond donors (Lipinski definition) is 1. The van der Waals surface area contributed by atoms with Gasteiger partial charge in [-0.15, -0.1) is 0 Å². The first-order chi connectivity index (χ1) is 11.6. The van der Waals surface area contributed by atoms with Crippen LogP contribution in [0.1, 0.15) is 15.9 Å². The van der Waals surface area contributed by atoms with Gasteiger partial charge in [0.25, 0.3) is 5.91 Å². The molecule has 0 aliphatic carbocycles. The number of pyridine rings is 1. The van der Waals surface area contributed by atoms with Crippen molar-refractivity contribution in [2.24, 2.45) is 0 Å². The molecule has 1 N–H and O–H groups in total. The van der Waals surface area contributed by atoms with E-state index in [2.05, 4.69) is 10.3 Å². The number of aromatic nitrogens is 1. The highest BCUT2D eigenvalue weighted by molar-refractivity contribution is 6.10. The Bertz CT molecular complexity index is 906. The van der Waals surface area contributed by atoms with Crippen LogP contribution < -0.4 is 14.8 Å². The number of carbonyl (C=O) groups excluding carboxylic acids is 1. The molecular formula is C19H18N2O3. The second-order valence-electron chi connectivity index (χ2n) is 5.35. The van der Waals surface area contributed by atoms with Crippen LogP contribution in [0.5, 0.6) is 11.5 Å². The third-order valence-electron chi connectivity index (χ3n) is 3.87. The van der Waals surface area contributed by atoms with Gasteiger partial charge in [0.2, 0.25) is 0 Å². The summed E-state index contributed by atoms with van der Waals surface area (Å²) in [6.45, 7) is 1.99. The van der Waals surface area contributed by atoms with Gasteiger partial charge >= 0.3 is 0 Å². The molecule has 1 aromatic heterocycles. The van der Waals surface area contributed by atoms with Gasteiger partial charge in [0.15, 0.2) is 0 Å². The summed E-state index contributed by atoms with van der Waals surface area (Å²) in [7, 11) is 3.09. The van der Waals surface area contributed by atoms with Crippen molar-refractivity contribution < 1.29 is 14.3 Å². The minimum Gasteiger partial charge on any atom is -0.497 e. The molecule has 0 unspecified atom stereocenters. The van der Waals surface area contributed by atoms with Gasteiger partial charge in [-0.25, -0.2) is 0 Å². The molecule has 122 valence electrons. The normalized spacial score (nSPS) is 10.5. The number of nitrogens with zero attached hydrogens (tertiary/aromatic N) is 1. The molecule has 3 aromatic rings. The summed E-state index contributed by atoms with van der Waals surface area (Å²) < 4.78 is 10.5. The topological polar surface area (TPSA) is 60.5 Å². The van der Waals surface area contributed by atoms with Crippen molar-refractivity contribution in [1.29, 1.82) is 0 Å². The molecule has 0 aliphatic rings. The van der Waals surface area contributed by atoms with Crippen LogP contribution in [-0.4, -0.2) is 25.1 Å². The van der Waals surface area contributed by atoms with Crippen LogP contribution >= 0.6 is 0 Å². The largest absolute Gasteiger partial charge is 0.497 e. The number of rotatable bonds is 4. The van der Waals surface area contributed by atoms with E-state index < -0.39 is 0 Å². The summed E-state index contributed by atoms with van der Waals surface area (Å²) in [5, 5.41) is 3.84. The molecule has 3 rings (SSSR count). The minimum atomic E-state index is -0.247. The van der Waals surface area contributed by atoms with E-state index in [0.29, 0.717) is 22.7 Å². The van der Waals surface area contributed by atoms with Crippen LogP contribution in [0.25, 0.3) is 10.9 Å². The molecular weight excluding hydrogens is 304 g/mol. The van der Waals surface area contributed by atoms with Crippen molar-refractivity contribution in [2.75, 3.05) is 19.5 Å². The first-order valence-electron chi connectivity index (χ1n) is 7.51. The van der Waals surface area contributed by atoms with Gasteiger partial charge in [0, 0.05) is 17.6 Å². The van der Waals surface area contributed by atoms with Gasteiger partial charge in [-0.1, -0.05) is 6.07 Å². The summed E-state index contributed by atoms with van der Waals surface area (Å²) in [6, 6.07) is 12.7. The molecule has 0 atom stereocenters. The third-order valence-corrected chi connectivity index (χ3v) is 3.87. The molecule has 0 bridgehead atoms. The smallest absolute Gasteiger partial charge is 0.259 e. The maximum atomic E-state index is 12.7. The Hall–Kier alpha value is -3.08. The number of carbonyl (C=O) groups is 1. The van der Waals surface area contributed by atoms with E-state index in [9.17, 15) is 4.79 Å². The highest BCUT2D eigenvalue weighted by Gasteiger charge is 2.15. The lowest BCUT2D eigenvalue weighted by Crippen LogP contribution is -2.13. The van der Waals surface area contributed by atoms with Crippen LogP contribution in [0.15, 0.2) is 48.7 Å². The number of hydrogen-bond acceptors (Lipinski definition) is 4. The van der Waals surface area contributed by atoms with Gasteiger partial charge in [-0.3, -0.25) is 9.78 Å². The molecule has 0 radical (unpaired) electrons. The lowest BCUT2D eigenvalue weighted by Gasteiger charge is -2.13. The van der Waals surface area contributed by atoms with Crippen molar-refractivity contribution in [2.45, 2.75) is 6.92 Å². The van der Waals surface area contributed by atoms with Crippen molar-refractivity contribution in [3.63, 3.8) is 0 Å². The lowest BCUT2D eigenvalue weighted by molar-refractivity contribution is 0.102. The average molecular weight is 322 g/mol. The molecule has 1 amide bonds. The maximum Gasteiger partial charge on any atom is 0.259 e. The summed E-state index contributed by atoms with van der Waals surface area (Å²) in [5.41, 5.74) is 3.09. The number of ether oxygens (including phenoxy) is 2. The number of anilines is 1. The summed E-state index contributed by atoms with van der Waals surface area (Å²) in [5.74, 6) is 0.846. The van der Waals surface area contributed by atoms with Crippen LogP contribution in [0.2, 0.25) is 0 Å². The minimum absolute atomic E-state index is 0.247. The molecule has 0 saturated carbocycles. The number of amides is 1. The number of aryl methyl sites for hydroxylation is 1. The second kappa shape index (κ2) is 6.58. The predicted octanol–water partition coefficient (Wildman–Crippen LogP) is 3.81. The molecule has 5 heteroatoms. The highest BCUT2D eigenvalue weighted by Crippen LogP contribution is 2.28. The third kappa shape index (κ3) is 2.88. The monoisotopic (exact) mass is 322 g/mol. The summed E-state index contributed by atoms with van der Waals surface area (Å²) in [4.78, 5) is 17.1. The first-order valence-corrected chi connectivity index (χ1v) is 7.51. The van der Waals surface area contributed by atoms with E-state index in [0.717, 1.165) is 16.5 Å². The molecule has 0 fully saturated rings. The quantitative estimate of drug-likeness (QED) is 0.793. The Morgan fingerprint density at radius 2 is 1.92 bits per heavy atom. The Balaban J connectivity index is 1.98. The molecule has 0 saturated heterocycles. The average Bonchev–Trinajstić information content (AvgIpc) is 2.63. The molecule has 5 nitrogen and oxygen atoms in total. The van der Waals surface area contributed by atoms with E-state index in [4.69, 9.17) is 9.47 Å². The van der Waals surface area contributed by atoms with Crippen molar-refractivity contribution >= 4 is 22.5 Å². The predicted molar refractivity (Wildman–Crippen MR) is 94.0 cm³/mol. The van der Waals surface area contributed by atoms with Gasteiger partial charge in [0.1, 0.15) is 11.5 Å². The van der Waals surface area contributed by atoms with Crippen LogP contribution in [0, 0.1) is 6.92 Å². The second-order valence-corrected chi connectivity index (χ2v) is 5.35. The van der Waals surface area contributed by atoms with Gasteiger partial charge < -0.3 is 14.8 Å². The summed E-state index contributed by atoms with van der Waals surface area (Å²) >= 11 is 0. The van der Waals surface area contributed by atoms with Crippen molar-refractivity contribution in [3.8, 4) is 11.5 Å². The van der Waals surface area contributed by atoms with Crippen LogP contribution in [0.3, 0.4) is 0 Å². The molecule has 0 spiro atoms.